The normalized spacial score (nSPS) is 53.7. The Balaban J connectivity index is 1.62. The van der Waals surface area contributed by atoms with E-state index >= 15 is 0 Å². The van der Waals surface area contributed by atoms with Crippen molar-refractivity contribution in [2.75, 3.05) is 0 Å². The molecule has 0 saturated heterocycles. The van der Waals surface area contributed by atoms with Crippen LogP contribution < -0.4 is 0 Å². The molecule has 4 aliphatic rings. The second-order valence-electron chi connectivity index (χ2n) is 9.36. The Hall–Kier alpha value is -0.900. The number of carbonyl (C=O) groups excluding carboxylic acids is 2. The molecule has 0 unspecified atom stereocenters. The number of fused-ring (bicyclic) bond motifs is 5. The largest absolute Gasteiger partial charge is 0.465 e. The third-order valence-electron chi connectivity index (χ3n) is 8.51. The highest BCUT2D eigenvalue weighted by molar-refractivity contribution is 5.87. The molecule has 4 nitrogen and oxygen atoms in total. The Morgan fingerprint density at radius 1 is 1.21 bits per heavy atom. The van der Waals surface area contributed by atoms with E-state index in [-0.39, 0.29) is 23.0 Å². The maximum Gasteiger partial charge on any atom is 0.293 e. The fourth-order valence-corrected chi connectivity index (χ4v) is 7.32. The van der Waals surface area contributed by atoms with Crippen molar-refractivity contribution >= 4 is 12.3 Å². The lowest BCUT2D eigenvalue weighted by Gasteiger charge is -2.61. The molecule has 0 amide bonds. The highest BCUT2D eigenvalue weighted by Crippen LogP contribution is 2.65. The van der Waals surface area contributed by atoms with Gasteiger partial charge in [0.05, 0.1) is 6.10 Å². The number of hydrogen-bond donors (Lipinski definition) is 1. The molecule has 0 bridgehead atoms. The van der Waals surface area contributed by atoms with Crippen LogP contribution in [0.4, 0.5) is 0 Å². The number of rotatable bonds is 2. The molecule has 4 saturated carbocycles. The number of carbonyl (C=O) groups is 2. The van der Waals surface area contributed by atoms with E-state index < -0.39 is 0 Å². The maximum atomic E-state index is 12.5. The average Bonchev–Trinajstić information content (AvgIpc) is 2.82. The molecule has 0 aromatic heterocycles. The third-order valence-corrected chi connectivity index (χ3v) is 8.51. The fraction of sp³-hybridized carbons (Fsp3) is 0.900. The lowest BCUT2D eigenvalue weighted by Crippen LogP contribution is -2.59. The van der Waals surface area contributed by atoms with E-state index in [1.54, 1.807) is 0 Å². The molecule has 0 aliphatic heterocycles. The molecule has 0 aromatic rings. The van der Waals surface area contributed by atoms with E-state index in [9.17, 15) is 14.7 Å². The molecule has 0 spiro atoms. The molecular formula is C20H30O4. The molecular weight excluding hydrogens is 304 g/mol. The van der Waals surface area contributed by atoms with Crippen LogP contribution in [0.25, 0.3) is 0 Å². The van der Waals surface area contributed by atoms with Crippen LogP contribution in [0.5, 0.6) is 0 Å². The lowest BCUT2D eigenvalue weighted by atomic mass is 9.44. The van der Waals surface area contributed by atoms with Gasteiger partial charge in [0, 0.05) is 11.8 Å². The van der Waals surface area contributed by atoms with E-state index in [0.717, 1.165) is 38.5 Å². The highest BCUT2D eigenvalue weighted by Gasteiger charge is 2.63. The first-order chi connectivity index (χ1) is 11.4. The number of aliphatic hydroxyl groups excluding tert-OH is 1. The van der Waals surface area contributed by atoms with Crippen LogP contribution in [0.3, 0.4) is 0 Å². The second kappa shape index (κ2) is 5.55. The molecule has 0 aromatic carbocycles. The summed E-state index contributed by atoms with van der Waals surface area (Å²) in [6.45, 7) is 5.05. The predicted molar refractivity (Wildman–Crippen MR) is 89.1 cm³/mol. The SMILES string of the molecule is C[C@]12CC[C@@H](OC=O)C[C@@H]1CC[C@@H]1[C@@H]2[C@@H](O)C[C@]2(C)C(=O)CC[C@@H]12. The van der Waals surface area contributed by atoms with E-state index in [0.29, 0.717) is 48.8 Å². The molecule has 8 atom stereocenters. The van der Waals surface area contributed by atoms with Crippen molar-refractivity contribution in [3.8, 4) is 0 Å². The van der Waals surface area contributed by atoms with E-state index in [1.165, 1.54) is 0 Å². The van der Waals surface area contributed by atoms with Gasteiger partial charge in [-0.3, -0.25) is 9.59 Å². The first-order valence-electron chi connectivity index (χ1n) is 9.70. The van der Waals surface area contributed by atoms with Gasteiger partial charge in [-0.05, 0) is 74.0 Å². The maximum absolute atomic E-state index is 12.5. The van der Waals surface area contributed by atoms with Crippen molar-refractivity contribution in [2.24, 2.45) is 34.5 Å². The summed E-state index contributed by atoms with van der Waals surface area (Å²) >= 11 is 0. The zero-order valence-corrected chi connectivity index (χ0v) is 14.9. The first kappa shape index (κ1) is 16.6. The minimum atomic E-state index is -0.366. The number of Topliss-reactive ketones (excluding diaryl/α,β-unsaturated/α-hetero) is 1. The summed E-state index contributed by atoms with van der Waals surface area (Å²) in [5.74, 6) is 2.14. The molecule has 0 heterocycles. The van der Waals surface area contributed by atoms with E-state index in [2.05, 4.69) is 13.8 Å². The quantitative estimate of drug-likeness (QED) is 0.788. The zero-order valence-electron chi connectivity index (χ0n) is 14.9. The number of ketones is 1. The molecule has 1 N–H and O–H groups in total. The fourth-order valence-electron chi connectivity index (χ4n) is 7.32. The van der Waals surface area contributed by atoms with Gasteiger partial charge in [0.15, 0.2) is 0 Å². The third kappa shape index (κ3) is 2.14. The van der Waals surface area contributed by atoms with Gasteiger partial charge in [-0.25, -0.2) is 0 Å². The van der Waals surface area contributed by atoms with Crippen molar-refractivity contribution in [3.63, 3.8) is 0 Å². The molecule has 4 fully saturated rings. The van der Waals surface area contributed by atoms with Gasteiger partial charge in [0.25, 0.3) is 6.47 Å². The summed E-state index contributed by atoms with van der Waals surface area (Å²) in [5, 5.41) is 11.1. The smallest absolute Gasteiger partial charge is 0.293 e. The number of hydrogen-bond acceptors (Lipinski definition) is 4. The van der Waals surface area contributed by atoms with Gasteiger partial charge in [0.1, 0.15) is 11.9 Å². The number of aliphatic hydroxyl groups is 1. The van der Waals surface area contributed by atoms with E-state index in [1.807, 2.05) is 0 Å². The van der Waals surface area contributed by atoms with Crippen LogP contribution in [-0.4, -0.2) is 29.6 Å². The number of ether oxygens (including phenoxy) is 1. The summed E-state index contributed by atoms with van der Waals surface area (Å²) in [7, 11) is 0. The van der Waals surface area contributed by atoms with Crippen LogP contribution in [0.1, 0.15) is 65.2 Å². The van der Waals surface area contributed by atoms with Gasteiger partial charge in [-0.15, -0.1) is 0 Å². The Labute approximate surface area is 144 Å². The second-order valence-corrected chi connectivity index (χ2v) is 9.36. The van der Waals surface area contributed by atoms with Gasteiger partial charge in [-0.2, -0.15) is 0 Å². The topological polar surface area (TPSA) is 63.6 Å². The summed E-state index contributed by atoms with van der Waals surface area (Å²) in [6.07, 6.45) is 7.17. The van der Waals surface area contributed by atoms with Gasteiger partial charge in [-0.1, -0.05) is 13.8 Å². The lowest BCUT2D eigenvalue weighted by molar-refractivity contribution is -0.179. The van der Waals surface area contributed by atoms with Crippen LogP contribution in [0.15, 0.2) is 0 Å². The van der Waals surface area contributed by atoms with Crippen molar-refractivity contribution < 1.29 is 19.4 Å². The minimum absolute atomic E-state index is 0.0520. The summed E-state index contributed by atoms with van der Waals surface area (Å²) < 4.78 is 5.25. The zero-order chi connectivity index (χ0) is 17.1. The van der Waals surface area contributed by atoms with Crippen LogP contribution in [-0.2, 0) is 14.3 Å². The summed E-state index contributed by atoms with van der Waals surface area (Å²) in [4.78, 5) is 23.2. The minimum Gasteiger partial charge on any atom is -0.465 e. The van der Waals surface area contributed by atoms with E-state index in [4.69, 9.17) is 4.74 Å². The predicted octanol–water partition coefficient (Wildman–Crippen LogP) is 3.11. The van der Waals surface area contributed by atoms with Crippen LogP contribution >= 0.6 is 0 Å². The molecule has 0 radical (unpaired) electrons. The van der Waals surface area contributed by atoms with Crippen molar-refractivity contribution in [1.29, 1.82) is 0 Å². The molecule has 24 heavy (non-hydrogen) atoms. The standard InChI is InChI=1S/C20H30O4/c1-19-8-7-13(24-11-21)9-12(19)3-4-14-15-5-6-17(23)20(15,2)10-16(22)18(14)19/h11-16,18,22H,3-10H2,1-2H3/t12-,13+,14-,15-,16-,18+,19-,20-/m0/s1. The molecule has 4 heteroatoms. The van der Waals surface area contributed by atoms with Crippen molar-refractivity contribution in [3.05, 3.63) is 0 Å². The van der Waals surface area contributed by atoms with Crippen molar-refractivity contribution in [2.45, 2.75) is 77.4 Å². The van der Waals surface area contributed by atoms with Crippen molar-refractivity contribution in [1.82, 2.24) is 0 Å². The highest BCUT2D eigenvalue weighted by atomic mass is 16.5. The molecule has 4 aliphatic carbocycles. The molecule has 134 valence electrons. The Bertz CT molecular complexity index is 546. The van der Waals surface area contributed by atoms with Gasteiger partial charge in [0.2, 0.25) is 0 Å². The Morgan fingerprint density at radius 2 is 2.00 bits per heavy atom. The van der Waals surface area contributed by atoms with Gasteiger partial charge >= 0.3 is 0 Å². The Morgan fingerprint density at radius 3 is 2.75 bits per heavy atom. The monoisotopic (exact) mass is 334 g/mol. The van der Waals surface area contributed by atoms with Gasteiger partial charge < -0.3 is 9.84 Å². The summed E-state index contributed by atoms with van der Waals surface area (Å²) in [5.41, 5.74) is -0.167. The summed E-state index contributed by atoms with van der Waals surface area (Å²) in [6, 6.07) is 0. The first-order valence-corrected chi connectivity index (χ1v) is 9.70. The van der Waals surface area contributed by atoms with Crippen LogP contribution in [0, 0.1) is 34.5 Å². The average molecular weight is 334 g/mol. The Kier molecular flexibility index (Phi) is 3.83. The molecule has 4 rings (SSSR count). The van der Waals surface area contributed by atoms with Crippen LogP contribution in [0.2, 0.25) is 0 Å².